The van der Waals surface area contributed by atoms with Crippen molar-refractivity contribution in [2.45, 2.75) is 25.2 Å². The van der Waals surface area contributed by atoms with Gasteiger partial charge in [0.05, 0.1) is 5.41 Å². The molecule has 0 radical (unpaired) electrons. The molecule has 0 saturated carbocycles. The number of ketones is 1. The summed E-state index contributed by atoms with van der Waals surface area (Å²) >= 11 is 7.07. The standard InChI is InChI=1S/C29H22ClN3O3S/c1-29(14-22-18-9-2-4-11-20(18)24(29)21-12-5-3-10-19(21)22)27(36)33-28-32-23(15-37-28)25(34)26(35)31-17-8-6-7-16(30)13-17/h2-13,15,22,24H,14H2,1H3,(H,31,35)(H,32,33,36). The van der Waals surface area contributed by atoms with Crippen molar-refractivity contribution in [3.63, 3.8) is 0 Å². The Morgan fingerprint density at radius 1 is 0.919 bits per heavy atom. The van der Waals surface area contributed by atoms with Gasteiger partial charge in [-0.25, -0.2) is 4.98 Å². The van der Waals surface area contributed by atoms with E-state index in [0.717, 1.165) is 11.3 Å². The van der Waals surface area contributed by atoms with Crippen molar-refractivity contribution < 1.29 is 14.4 Å². The molecule has 8 heteroatoms. The van der Waals surface area contributed by atoms with E-state index in [-0.39, 0.29) is 28.6 Å². The van der Waals surface area contributed by atoms with Crippen LogP contribution in [0.1, 0.15) is 57.9 Å². The zero-order valence-electron chi connectivity index (χ0n) is 19.8. The smallest absolute Gasteiger partial charge is 0.298 e. The molecule has 1 aromatic heterocycles. The Morgan fingerprint density at radius 3 is 2.22 bits per heavy atom. The summed E-state index contributed by atoms with van der Waals surface area (Å²) in [5.74, 6) is -1.72. The third-order valence-electron chi connectivity index (χ3n) is 7.39. The number of carbonyl (C=O) groups excluding carboxylic acids is 3. The predicted octanol–water partition coefficient (Wildman–Crippen LogP) is 6.24. The van der Waals surface area contributed by atoms with Gasteiger partial charge in [0, 0.05) is 27.9 Å². The molecular formula is C29H22ClN3O3S. The van der Waals surface area contributed by atoms with Crippen molar-refractivity contribution >= 4 is 51.4 Å². The fourth-order valence-electron chi connectivity index (χ4n) is 5.74. The molecule has 37 heavy (non-hydrogen) atoms. The number of benzene rings is 3. The molecule has 7 rings (SSSR count). The van der Waals surface area contributed by atoms with Crippen molar-refractivity contribution in [2.24, 2.45) is 5.41 Å². The number of rotatable bonds is 5. The highest BCUT2D eigenvalue weighted by Crippen LogP contribution is 2.61. The Morgan fingerprint density at radius 2 is 1.57 bits per heavy atom. The lowest BCUT2D eigenvalue weighted by Crippen LogP contribution is -2.47. The Hall–Kier alpha value is -3.81. The van der Waals surface area contributed by atoms with E-state index in [0.29, 0.717) is 17.1 Å². The first kappa shape index (κ1) is 23.6. The number of Topliss-reactive ketones (excluding diaryl/α,β-unsaturated/α-hetero) is 1. The molecule has 2 N–H and O–H groups in total. The van der Waals surface area contributed by atoms with E-state index in [1.54, 1.807) is 24.3 Å². The summed E-state index contributed by atoms with van der Waals surface area (Å²) in [6.45, 7) is 2.00. The third-order valence-corrected chi connectivity index (χ3v) is 8.39. The third kappa shape index (κ3) is 3.95. The van der Waals surface area contributed by atoms with Crippen LogP contribution in [0.15, 0.2) is 78.2 Å². The topological polar surface area (TPSA) is 88.2 Å². The Labute approximate surface area is 222 Å². The van der Waals surface area contributed by atoms with Crippen LogP contribution in [0.4, 0.5) is 10.8 Å². The molecule has 1 heterocycles. The van der Waals surface area contributed by atoms with Crippen LogP contribution in [-0.4, -0.2) is 22.6 Å². The van der Waals surface area contributed by atoms with Crippen LogP contribution in [0.3, 0.4) is 0 Å². The zero-order chi connectivity index (χ0) is 25.7. The normalized spacial score (nSPS) is 21.0. The highest BCUT2D eigenvalue weighted by Gasteiger charge is 2.54. The lowest BCUT2D eigenvalue weighted by atomic mass is 9.52. The molecule has 184 valence electrons. The molecule has 1 atom stereocenters. The molecule has 4 aromatic rings. The summed E-state index contributed by atoms with van der Waals surface area (Å²) in [7, 11) is 0. The molecule has 0 spiro atoms. The molecule has 2 bridgehead atoms. The second kappa shape index (κ2) is 8.94. The SMILES string of the molecule is CC1(C(=O)Nc2nc(C(=O)C(=O)Nc3cccc(Cl)c3)cs2)CC2c3ccccc3C1c1ccccc12. The van der Waals surface area contributed by atoms with Crippen LogP contribution in [0.25, 0.3) is 0 Å². The Balaban J connectivity index is 1.23. The summed E-state index contributed by atoms with van der Waals surface area (Å²) < 4.78 is 0. The first-order chi connectivity index (χ1) is 17.8. The number of aromatic nitrogens is 1. The summed E-state index contributed by atoms with van der Waals surface area (Å²) in [6, 6.07) is 23.2. The van der Waals surface area contributed by atoms with Crippen molar-refractivity contribution in [2.75, 3.05) is 10.6 Å². The number of nitrogens with zero attached hydrogens (tertiary/aromatic N) is 1. The second-order valence-corrected chi connectivity index (χ2v) is 10.9. The molecule has 0 fully saturated rings. The number of thiazole rings is 1. The van der Waals surface area contributed by atoms with Crippen LogP contribution in [0.5, 0.6) is 0 Å². The van der Waals surface area contributed by atoms with E-state index in [4.69, 9.17) is 11.6 Å². The summed E-state index contributed by atoms with van der Waals surface area (Å²) in [4.78, 5) is 43.1. The van der Waals surface area contributed by atoms with Gasteiger partial charge in [0.2, 0.25) is 5.91 Å². The number of nitrogens with one attached hydrogen (secondary N) is 2. The van der Waals surface area contributed by atoms with Crippen LogP contribution < -0.4 is 10.6 Å². The monoisotopic (exact) mass is 527 g/mol. The zero-order valence-corrected chi connectivity index (χ0v) is 21.4. The summed E-state index contributed by atoms with van der Waals surface area (Å²) in [5.41, 5.74) is 4.62. The summed E-state index contributed by atoms with van der Waals surface area (Å²) in [6.07, 6.45) is 0.677. The lowest BCUT2D eigenvalue weighted by Gasteiger charge is -2.50. The predicted molar refractivity (Wildman–Crippen MR) is 144 cm³/mol. The van der Waals surface area contributed by atoms with Crippen LogP contribution in [0.2, 0.25) is 5.02 Å². The number of fused-ring (bicyclic) bond motifs is 1. The van der Waals surface area contributed by atoms with E-state index >= 15 is 0 Å². The van der Waals surface area contributed by atoms with Gasteiger partial charge >= 0.3 is 0 Å². The van der Waals surface area contributed by atoms with E-state index in [9.17, 15) is 14.4 Å². The molecule has 1 unspecified atom stereocenters. The number of halogens is 1. The average Bonchev–Trinajstić information content (AvgIpc) is 3.36. The van der Waals surface area contributed by atoms with Gasteiger partial charge in [0.25, 0.3) is 11.7 Å². The minimum atomic E-state index is -0.824. The molecule has 2 amide bonds. The second-order valence-electron chi connectivity index (χ2n) is 9.65. The van der Waals surface area contributed by atoms with Gasteiger partial charge in [-0.1, -0.05) is 66.2 Å². The molecule has 3 aliphatic carbocycles. The van der Waals surface area contributed by atoms with Gasteiger partial charge in [-0.15, -0.1) is 11.3 Å². The maximum absolute atomic E-state index is 13.8. The minimum Gasteiger partial charge on any atom is -0.319 e. The maximum Gasteiger partial charge on any atom is 0.298 e. The molecule has 3 aromatic carbocycles. The molecule has 6 nitrogen and oxygen atoms in total. The molecular weight excluding hydrogens is 506 g/mol. The van der Waals surface area contributed by atoms with Crippen LogP contribution >= 0.6 is 22.9 Å². The highest BCUT2D eigenvalue weighted by atomic mass is 35.5. The van der Waals surface area contributed by atoms with Gasteiger partial charge in [-0.3, -0.25) is 14.4 Å². The van der Waals surface area contributed by atoms with Crippen molar-refractivity contribution in [1.82, 2.24) is 4.98 Å². The maximum atomic E-state index is 13.8. The number of anilines is 2. The largest absolute Gasteiger partial charge is 0.319 e. The van der Waals surface area contributed by atoms with Gasteiger partial charge in [0.15, 0.2) is 5.13 Å². The van der Waals surface area contributed by atoms with Gasteiger partial charge < -0.3 is 10.6 Å². The quantitative estimate of drug-likeness (QED) is 0.237. The van der Waals surface area contributed by atoms with Crippen LogP contribution in [0, 0.1) is 5.41 Å². The first-order valence-electron chi connectivity index (χ1n) is 11.9. The van der Waals surface area contributed by atoms with Crippen LogP contribution in [-0.2, 0) is 9.59 Å². The average molecular weight is 528 g/mol. The van der Waals surface area contributed by atoms with E-state index < -0.39 is 17.1 Å². The molecule has 3 aliphatic rings. The van der Waals surface area contributed by atoms with Crippen molar-refractivity contribution in [3.8, 4) is 0 Å². The highest BCUT2D eigenvalue weighted by molar-refractivity contribution is 7.14. The van der Waals surface area contributed by atoms with E-state index in [2.05, 4.69) is 52.0 Å². The van der Waals surface area contributed by atoms with Gasteiger partial charge in [-0.05, 0) is 53.8 Å². The lowest BCUT2D eigenvalue weighted by molar-refractivity contribution is -0.126. The number of hydrogen-bond acceptors (Lipinski definition) is 5. The van der Waals surface area contributed by atoms with Crippen molar-refractivity contribution in [3.05, 3.63) is 111 Å². The number of carbonyl (C=O) groups is 3. The van der Waals surface area contributed by atoms with Crippen molar-refractivity contribution in [1.29, 1.82) is 0 Å². The first-order valence-corrected chi connectivity index (χ1v) is 13.2. The van der Waals surface area contributed by atoms with E-state index in [1.165, 1.54) is 27.6 Å². The fraction of sp³-hybridized carbons (Fsp3) is 0.172. The molecule has 0 saturated heterocycles. The van der Waals surface area contributed by atoms with E-state index in [1.807, 2.05) is 19.1 Å². The number of hydrogen-bond donors (Lipinski definition) is 2. The minimum absolute atomic E-state index is 0.0224. The number of amides is 2. The van der Waals surface area contributed by atoms with Gasteiger partial charge in [-0.2, -0.15) is 0 Å². The molecule has 0 aliphatic heterocycles. The Kier molecular flexibility index (Phi) is 5.70. The van der Waals surface area contributed by atoms with Gasteiger partial charge in [0.1, 0.15) is 5.69 Å². The summed E-state index contributed by atoms with van der Waals surface area (Å²) in [5, 5.41) is 7.68. The fourth-order valence-corrected chi connectivity index (χ4v) is 6.61. The Bertz CT molecular complexity index is 1530.